The molecule has 4 nitrogen and oxygen atoms in total. The monoisotopic (exact) mass is 313 g/mol. The quantitative estimate of drug-likeness (QED) is 0.919. The van der Waals surface area contributed by atoms with Crippen LogP contribution in [0.25, 0.3) is 0 Å². The highest BCUT2D eigenvalue weighted by atomic mass is 16.5. The first kappa shape index (κ1) is 15.7. The van der Waals surface area contributed by atoms with Crippen LogP contribution >= 0.6 is 0 Å². The van der Waals surface area contributed by atoms with Gasteiger partial charge in [-0.15, -0.1) is 0 Å². The minimum atomic E-state index is 0.138. The smallest absolute Gasteiger partial charge is 0.164 e. The molecule has 0 spiro atoms. The maximum Gasteiger partial charge on any atom is 0.164 e. The lowest BCUT2D eigenvalue weighted by atomic mass is 9.89. The van der Waals surface area contributed by atoms with E-state index < -0.39 is 0 Å². The summed E-state index contributed by atoms with van der Waals surface area (Å²) in [5.74, 6) is 2.53. The summed E-state index contributed by atoms with van der Waals surface area (Å²) in [5, 5.41) is 3.60. The Morgan fingerprint density at radius 1 is 1.13 bits per heavy atom. The summed E-state index contributed by atoms with van der Waals surface area (Å²) in [6.07, 6.45) is 0.928. The number of methoxy groups -OCH3 is 2. The maximum absolute atomic E-state index is 5.63. The van der Waals surface area contributed by atoms with Crippen molar-refractivity contribution >= 4 is 0 Å². The minimum Gasteiger partial charge on any atom is -0.494 e. The SMILES string of the molecule is CCOc1cccc(C2NCCc3c2ccc(OC)c3OC)c1. The Labute approximate surface area is 137 Å². The van der Waals surface area contributed by atoms with Crippen molar-refractivity contribution < 1.29 is 14.2 Å². The first-order valence-electron chi connectivity index (χ1n) is 7.98. The molecule has 0 radical (unpaired) electrons. The topological polar surface area (TPSA) is 39.7 Å². The van der Waals surface area contributed by atoms with Gasteiger partial charge in [-0.1, -0.05) is 18.2 Å². The first-order valence-corrected chi connectivity index (χ1v) is 7.98. The van der Waals surface area contributed by atoms with Crippen LogP contribution in [0, 0.1) is 0 Å². The molecule has 1 N–H and O–H groups in total. The first-order chi connectivity index (χ1) is 11.3. The standard InChI is InChI=1S/C19H23NO3/c1-4-23-14-7-5-6-13(12-14)18-15-8-9-17(21-2)19(22-3)16(15)10-11-20-18/h5-9,12,18,20H,4,10-11H2,1-3H3. The van der Waals surface area contributed by atoms with Crippen LogP contribution < -0.4 is 19.5 Å². The van der Waals surface area contributed by atoms with Crippen LogP contribution in [-0.2, 0) is 6.42 Å². The average molecular weight is 313 g/mol. The highest BCUT2D eigenvalue weighted by Gasteiger charge is 2.26. The molecule has 0 aliphatic carbocycles. The lowest BCUT2D eigenvalue weighted by Gasteiger charge is -2.29. The number of benzene rings is 2. The fourth-order valence-electron chi connectivity index (χ4n) is 3.23. The number of rotatable bonds is 5. The molecule has 0 aromatic heterocycles. The Morgan fingerprint density at radius 3 is 2.74 bits per heavy atom. The largest absolute Gasteiger partial charge is 0.494 e. The van der Waals surface area contributed by atoms with Crippen molar-refractivity contribution in [2.45, 2.75) is 19.4 Å². The van der Waals surface area contributed by atoms with Gasteiger partial charge in [0.15, 0.2) is 11.5 Å². The predicted molar refractivity (Wildman–Crippen MR) is 90.7 cm³/mol. The van der Waals surface area contributed by atoms with Gasteiger partial charge < -0.3 is 19.5 Å². The van der Waals surface area contributed by atoms with Crippen molar-refractivity contribution in [1.82, 2.24) is 5.32 Å². The van der Waals surface area contributed by atoms with Gasteiger partial charge in [0.05, 0.1) is 26.9 Å². The molecule has 122 valence electrons. The van der Waals surface area contributed by atoms with Crippen molar-refractivity contribution in [3.8, 4) is 17.2 Å². The van der Waals surface area contributed by atoms with E-state index in [2.05, 4.69) is 23.5 Å². The number of fused-ring (bicyclic) bond motifs is 1. The van der Waals surface area contributed by atoms with Gasteiger partial charge in [0.25, 0.3) is 0 Å². The van der Waals surface area contributed by atoms with E-state index in [1.165, 1.54) is 16.7 Å². The van der Waals surface area contributed by atoms with Crippen molar-refractivity contribution in [1.29, 1.82) is 0 Å². The number of ether oxygens (including phenoxy) is 3. The molecule has 23 heavy (non-hydrogen) atoms. The summed E-state index contributed by atoms with van der Waals surface area (Å²) in [5.41, 5.74) is 3.66. The van der Waals surface area contributed by atoms with Gasteiger partial charge in [-0.2, -0.15) is 0 Å². The summed E-state index contributed by atoms with van der Waals surface area (Å²) in [4.78, 5) is 0. The summed E-state index contributed by atoms with van der Waals surface area (Å²) >= 11 is 0. The van der Waals surface area contributed by atoms with Crippen LogP contribution in [0.4, 0.5) is 0 Å². The summed E-state index contributed by atoms with van der Waals surface area (Å²) in [6.45, 7) is 3.57. The van der Waals surface area contributed by atoms with E-state index in [0.717, 1.165) is 30.2 Å². The van der Waals surface area contributed by atoms with Gasteiger partial charge in [0, 0.05) is 12.1 Å². The van der Waals surface area contributed by atoms with Crippen LogP contribution in [0.2, 0.25) is 0 Å². The molecule has 0 bridgehead atoms. The third-order valence-corrected chi connectivity index (χ3v) is 4.22. The second kappa shape index (κ2) is 6.92. The molecule has 1 atom stereocenters. The number of hydrogen-bond acceptors (Lipinski definition) is 4. The highest BCUT2D eigenvalue weighted by Crippen LogP contribution is 2.40. The lowest BCUT2D eigenvalue weighted by molar-refractivity contribution is 0.339. The summed E-state index contributed by atoms with van der Waals surface area (Å²) in [6, 6.07) is 12.5. The summed E-state index contributed by atoms with van der Waals surface area (Å²) < 4.78 is 16.7. The predicted octanol–water partition coefficient (Wildman–Crippen LogP) is 3.34. The molecule has 1 unspecified atom stereocenters. The molecule has 1 aliphatic heterocycles. The maximum atomic E-state index is 5.63. The second-order valence-electron chi connectivity index (χ2n) is 5.51. The Bertz CT molecular complexity index is 684. The Kier molecular flexibility index (Phi) is 4.72. The van der Waals surface area contributed by atoms with Crippen LogP contribution in [0.15, 0.2) is 36.4 Å². The molecule has 2 aromatic carbocycles. The molecule has 0 amide bonds. The number of hydrogen-bond donors (Lipinski definition) is 1. The molecule has 4 heteroatoms. The molecule has 0 saturated heterocycles. The van der Waals surface area contributed by atoms with Crippen molar-refractivity contribution in [3.63, 3.8) is 0 Å². The Morgan fingerprint density at radius 2 is 2.00 bits per heavy atom. The van der Waals surface area contributed by atoms with E-state index in [-0.39, 0.29) is 6.04 Å². The van der Waals surface area contributed by atoms with E-state index in [0.29, 0.717) is 6.61 Å². The molecule has 2 aromatic rings. The number of nitrogens with one attached hydrogen (secondary N) is 1. The van der Waals surface area contributed by atoms with Gasteiger partial charge in [-0.25, -0.2) is 0 Å². The third-order valence-electron chi connectivity index (χ3n) is 4.22. The van der Waals surface area contributed by atoms with Crippen LogP contribution in [0.5, 0.6) is 17.2 Å². The molecule has 3 rings (SSSR count). The zero-order valence-electron chi connectivity index (χ0n) is 13.9. The van der Waals surface area contributed by atoms with E-state index in [1.54, 1.807) is 14.2 Å². The average Bonchev–Trinajstić information content (AvgIpc) is 2.60. The molecule has 1 aliphatic rings. The van der Waals surface area contributed by atoms with Gasteiger partial charge in [0.1, 0.15) is 5.75 Å². The van der Waals surface area contributed by atoms with Gasteiger partial charge in [0.2, 0.25) is 0 Å². The molecule has 0 fully saturated rings. The van der Waals surface area contributed by atoms with Gasteiger partial charge in [-0.05, 0) is 42.7 Å². The van der Waals surface area contributed by atoms with E-state index in [1.807, 2.05) is 25.1 Å². The molecule has 0 saturated carbocycles. The normalized spacial score (nSPS) is 16.6. The Hall–Kier alpha value is -2.20. The molecular formula is C19H23NO3. The fraction of sp³-hybridized carbons (Fsp3) is 0.368. The van der Waals surface area contributed by atoms with Crippen LogP contribution in [0.1, 0.15) is 29.7 Å². The van der Waals surface area contributed by atoms with E-state index in [4.69, 9.17) is 14.2 Å². The zero-order chi connectivity index (χ0) is 16.2. The van der Waals surface area contributed by atoms with Crippen molar-refractivity contribution in [2.75, 3.05) is 27.4 Å². The second-order valence-corrected chi connectivity index (χ2v) is 5.51. The van der Waals surface area contributed by atoms with Gasteiger partial charge in [-0.3, -0.25) is 0 Å². The highest BCUT2D eigenvalue weighted by molar-refractivity contribution is 5.54. The summed E-state index contributed by atoms with van der Waals surface area (Å²) in [7, 11) is 3.37. The molecule has 1 heterocycles. The van der Waals surface area contributed by atoms with Crippen molar-refractivity contribution in [3.05, 3.63) is 53.1 Å². The van der Waals surface area contributed by atoms with Crippen LogP contribution in [-0.4, -0.2) is 27.4 Å². The van der Waals surface area contributed by atoms with Crippen molar-refractivity contribution in [2.24, 2.45) is 0 Å². The van der Waals surface area contributed by atoms with E-state index in [9.17, 15) is 0 Å². The fourth-order valence-corrected chi connectivity index (χ4v) is 3.23. The third kappa shape index (κ3) is 2.99. The Balaban J connectivity index is 2.03. The minimum absolute atomic E-state index is 0.138. The zero-order valence-corrected chi connectivity index (χ0v) is 13.9. The van der Waals surface area contributed by atoms with E-state index >= 15 is 0 Å². The lowest BCUT2D eigenvalue weighted by Crippen LogP contribution is -2.31. The van der Waals surface area contributed by atoms with Gasteiger partial charge >= 0.3 is 0 Å². The van der Waals surface area contributed by atoms with Crippen LogP contribution in [0.3, 0.4) is 0 Å². The molecular weight excluding hydrogens is 290 g/mol.